The van der Waals surface area contributed by atoms with Gasteiger partial charge in [-0.2, -0.15) is 0 Å². The SMILES string of the molecule is CNc1nc(CN2CCCC[C@@H]2c2cccc(OC)c2)cs1. The molecule has 0 bridgehead atoms. The molecule has 0 aliphatic carbocycles. The van der Waals surface area contributed by atoms with Crippen LogP contribution in [0.3, 0.4) is 0 Å². The molecule has 0 radical (unpaired) electrons. The molecule has 3 rings (SSSR count). The van der Waals surface area contributed by atoms with Gasteiger partial charge in [-0.25, -0.2) is 4.98 Å². The molecule has 5 heteroatoms. The molecule has 1 aliphatic heterocycles. The topological polar surface area (TPSA) is 37.4 Å². The van der Waals surface area contributed by atoms with Crippen molar-refractivity contribution in [2.75, 3.05) is 26.0 Å². The second-order valence-electron chi connectivity index (χ2n) is 5.65. The molecule has 1 aliphatic rings. The van der Waals surface area contributed by atoms with E-state index < -0.39 is 0 Å². The second-order valence-corrected chi connectivity index (χ2v) is 6.51. The molecule has 0 spiro atoms. The Balaban J connectivity index is 1.78. The van der Waals surface area contributed by atoms with Crippen LogP contribution in [0.25, 0.3) is 0 Å². The molecule has 1 aromatic heterocycles. The predicted molar refractivity (Wildman–Crippen MR) is 91.7 cm³/mol. The van der Waals surface area contributed by atoms with Crippen molar-refractivity contribution in [1.82, 2.24) is 9.88 Å². The Morgan fingerprint density at radius 2 is 2.32 bits per heavy atom. The molecule has 0 saturated carbocycles. The first kappa shape index (κ1) is 15.3. The third kappa shape index (κ3) is 3.42. The third-order valence-electron chi connectivity index (χ3n) is 4.22. The lowest BCUT2D eigenvalue weighted by atomic mass is 9.95. The maximum atomic E-state index is 5.38. The number of rotatable bonds is 5. The monoisotopic (exact) mass is 317 g/mol. The molecule has 1 N–H and O–H groups in total. The van der Waals surface area contributed by atoms with Crippen molar-refractivity contribution in [1.29, 1.82) is 0 Å². The van der Waals surface area contributed by atoms with Gasteiger partial charge < -0.3 is 10.1 Å². The largest absolute Gasteiger partial charge is 0.497 e. The molecular weight excluding hydrogens is 294 g/mol. The van der Waals surface area contributed by atoms with Gasteiger partial charge in [-0.15, -0.1) is 11.3 Å². The predicted octanol–water partition coefficient (Wildman–Crippen LogP) is 3.92. The molecule has 22 heavy (non-hydrogen) atoms. The van der Waals surface area contributed by atoms with Crippen LogP contribution in [0.1, 0.15) is 36.6 Å². The van der Waals surface area contributed by atoms with Crippen molar-refractivity contribution in [2.45, 2.75) is 31.8 Å². The number of nitrogens with one attached hydrogen (secondary N) is 1. The van der Waals surface area contributed by atoms with Gasteiger partial charge in [-0.3, -0.25) is 4.90 Å². The number of likely N-dealkylation sites (tertiary alicyclic amines) is 1. The van der Waals surface area contributed by atoms with Crippen molar-refractivity contribution >= 4 is 16.5 Å². The van der Waals surface area contributed by atoms with E-state index in [1.165, 1.54) is 24.8 Å². The van der Waals surface area contributed by atoms with E-state index in [1.54, 1.807) is 18.4 Å². The Hall–Kier alpha value is -1.59. The Morgan fingerprint density at radius 3 is 3.09 bits per heavy atom. The van der Waals surface area contributed by atoms with Gasteiger partial charge in [0, 0.05) is 25.0 Å². The summed E-state index contributed by atoms with van der Waals surface area (Å²) < 4.78 is 5.38. The summed E-state index contributed by atoms with van der Waals surface area (Å²) in [6.45, 7) is 2.05. The quantitative estimate of drug-likeness (QED) is 0.907. The van der Waals surface area contributed by atoms with Crippen LogP contribution in [0.15, 0.2) is 29.6 Å². The Bertz CT molecular complexity index is 613. The van der Waals surface area contributed by atoms with Crippen LogP contribution in [-0.2, 0) is 6.54 Å². The highest BCUT2D eigenvalue weighted by Crippen LogP contribution is 2.33. The number of thiazole rings is 1. The van der Waals surface area contributed by atoms with Crippen LogP contribution in [0.5, 0.6) is 5.75 Å². The van der Waals surface area contributed by atoms with Crippen LogP contribution in [0.2, 0.25) is 0 Å². The van der Waals surface area contributed by atoms with E-state index >= 15 is 0 Å². The van der Waals surface area contributed by atoms with Gasteiger partial charge >= 0.3 is 0 Å². The number of methoxy groups -OCH3 is 1. The summed E-state index contributed by atoms with van der Waals surface area (Å²) in [7, 11) is 3.65. The van der Waals surface area contributed by atoms with E-state index in [0.29, 0.717) is 6.04 Å². The van der Waals surface area contributed by atoms with Gasteiger partial charge in [-0.1, -0.05) is 18.6 Å². The van der Waals surface area contributed by atoms with E-state index in [0.717, 1.165) is 29.7 Å². The van der Waals surface area contributed by atoms with Crippen LogP contribution >= 0.6 is 11.3 Å². The first-order chi connectivity index (χ1) is 10.8. The number of anilines is 1. The number of hydrogen-bond donors (Lipinski definition) is 1. The molecule has 2 heterocycles. The molecule has 1 atom stereocenters. The fourth-order valence-electron chi connectivity index (χ4n) is 3.11. The van der Waals surface area contributed by atoms with Crippen LogP contribution in [-0.4, -0.2) is 30.6 Å². The fraction of sp³-hybridized carbons (Fsp3) is 0.471. The Kier molecular flexibility index (Phi) is 4.95. The van der Waals surface area contributed by atoms with E-state index in [9.17, 15) is 0 Å². The average molecular weight is 317 g/mol. The molecule has 1 aromatic carbocycles. The normalized spacial score (nSPS) is 19.1. The van der Waals surface area contributed by atoms with Crippen LogP contribution < -0.4 is 10.1 Å². The first-order valence-corrected chi connectivity index (χ1v) is 8.68. The number of aromatic nitrogens is 1. The van der Waals surface area contributed by atoms with Crippen molar-refractivity contribution in [3.8, 4) is 5.75 Å². The molecule has 1 fully saturated rings. The van der Waals surface area contributed by atoms with E-state index in [2.05, 4.69) is 38.8 Å². The maximum Gasteiger partial charge on any atom is 0.182 e. The highest BCUT2D eigenvalue weighted by atomic mass is 32.1. The van der Waals surface area contributed by atoms with E-state index in [4.69, 9.17) is 4.74 Å². The highest BCUT2D eigenvalue weighted by Gasteiger charge is 2.24. The van der Waals surface area contributed by atoms with Gasteiger partial charge in [0.1, 0.15) is 5.75 Å². The summed E-state index contributed by atoms with van der Waals surface area (Å²) in [4.78, 5) is 7.17. The van der Waals surface area contributed by atoms with E-state index in [-0.39, 0.29) is 0 Å². The summed E-state index contributed by atoms with van der Waals surface area (Å²) >= 11 is 1.67. The van der Waals surface area contributed by atoms with Crippen molar-refractivity contribution < 1.29 is 4.74 Å². The van der Waals surface area contributed by atoms with Gasteiger partial charge in [0.25, 0.3) is 0 Å². The molecule has 0 amide bonds. The van der Waals surface area contributed by atoms with E-state index in [1.807, 2.05) is 13.1 Å². The maximum absolute atomic E-state index is 5.38. The number of ether oxygens (including phenoxy) is 1. The fourth-order valence-corrected chi connectivity index (χ4v) is 3.77. The molecule has 118 valence electrons. The Labute approximate surface area is 136 Å². The van der Waals surface area contributed by atoms with Crippen LogP contribution in [0.4, 0.5) is 5.13 Å². The minimum absolute atomic E-state index is 0.462. The zero-order valence-electron chi connectivity index (χ0n) is 13.2. The lowest BCUT2D eigenvalue weighted by molar-refractivity contribution is 0.139. The van der Waals surface area contributed by atoms with Gasteiger partial charge in [0.15, 0.2) is 5.13 Å². The van der Waals surface area contributed by atoms with Gasteiger partial charge in [0.2, 0.25) is 0 Å². The van der Waals surface area contributed by atoms with Crippen molar-refractivity contribution in [2.24, 2.45) is 0 Å². The zero-order valence-corrected chi connectivity index (χ0v) is 14.0. The third-order valence-corrected chi connectivity index (χ3v) is 5.13. The molecule has 4 nitrogen and oxygen atoms in total. The number of piperidine rings is 1. The number of hydrogen-bond acceptors (Lipinski definition) is 5. The first-order valence-electron chi connectivity index (χ1n) is 7.80. The van der Waals surface area contributed by atoms with Crippen molar-refractivity contribution in [3.05, 3.63) is 40.9 Å². The zero-order chi connectivity index (χ0) is 15.4. The van der Waals surface area contributed by atoms with Gasteiger partial charge in [0.05, 0.1) is 12.8 Å². The molecule has 0 unspecified atom stereocenters. The highest BCUT2D eigenvalue weighted by molar-refractivity contribution is 7.13. The summed E-state index contributed by atoms with van der Waals surface area (Å²) in [6, 6.07) is 8.94. The summed E-state index contributed by atoms with van der Waals surface area (Å²) in [5.41, 5.74) is 2.51. The molecular formula is C17H23N3OS. The summed E-state index contributed by atoms with van der Waals surface area (Å²) in [5.74, 6) is 0.939. The summed E-state index contributed by atoms with van der Waals surface area (Å²) in [6.07, 6.45) is 3.76. The second kappa shape index (κ2) is 7.11. The summed E-state index contributed by atoms with van der Waals surface area (Å²) in [5, 5.41) is 6.26. The van der Waals surface area contributed by atoms with Crippen molar-refractivity contribution in [3.63, 3.8) is 0 Å². The number of nitrogens with zero attached hydrogens (tertiary/aromatic N) is 2. The smallest absolute Gasteiger partial charge is 0.182 e. The number of benzene rings is 1. The van der Waals surface area contributed by atoms with Crippen LogP contribution in [0, 0.1) is 0 Å². The van der Waals surface area contributed by atoms with Gasteiger partial charge in [-0.05, 0) is 37.1 Å². The standard InChI is InChI=1S/C17H23N3OS/c1-18-17-19-14(12-22-17)11-20-9-4-3-8-16(20)13-6-5-7-15(10-13)21-2/h5-7,10,12,16H,3-4,8-9,11H2,1-2H3,(H,18,19)/t16-/m1/s1. The molecule has 1 saturated heterocycles. The molecule has 2 aromatic rings. The average Bonchev–Trinajstić information content (AvgIpc) is 3.03. The minimum atomic E-state index is 0.462. The Morgan fingerprint density at radius 1 is 1.41 bits per heavy atom. The lowest BCUT2D eigenvalue weighted by Crippen LogP contribution is -2.33. The lowest BCUT2D eigenvalue weighted by Gasteiger charge is -2.35. The minimum Gasteiger partial charge on any atom is -0.497 e.